The van der Waals surface area contributed by atoms with Crippen molar-refractivity contribution in [1.29, 1.82) is 0 Å². The molecule has 1 aromatic rings. The van der Waals surface area contributed by atoms with Crippen molar-refractivity contribution in [3.63, 3.8) is 0 Å². The third-order valence-electron chi connectivity index (χ3n) is 4.34. The summed E-state index contributed by atoms with van der Waals surface area (Å²) < 4.78 is 4.86. The Morgan fingerprint density at radius 3 is 2.55 bits per heavy atom. The molecule has 0 amide bonds. The van der Waals surface area contributed by atoms with E-state index in [1.54, 1.807) is 13.0 Å². The highest BCUT2D eigenvalue weighted by Gasteiger charge is 2.17. The number of hydrogen-bond acceptors (Lipinski definition) is 3. The molecule has 0 spiro atoms. The maximum absolute atomic E-state index is 11.3. The molecule has 3 nitrogen and oxygen atoms in total. The van der Waals surface area contributed by atoms with Crippen molar-refractivity contribution in [2.45, 2.75) is 39.5 Å². The zero-order valence-electron chi connectivity index (χ0n) is 13.7. The molecule has 0 unspecified atom stereocenters. The molecule has 1 aliphatic rings. The summed E-state index contributed by atoms with van der Waals surface area (Å²) in [5.41, 5.74) is 2.15. The van der Waals surface area contributed by atoms with Crippen molar-refractivity contribution in [3.05, 3.63) is 35.9 Å². The van der Waals surface area contributed by atoms with Crippen molar-refractivity contribution in [1.82, 2.24) is 0 Å². The lowest BCUT2D eigenvalue weighted by Gasteiger charge is -2.26. The zero-order valence-corrected chi connectivity index (χ0v) is 13.7. The number of rotatable bonds is 6. The van der Waals surface area contributed by atoms with Gasteiger partial charge in [0.05, 0.1) is 6.61 Å². The van der Waals surface area contributed by atoms with Crippen LogP contribution < -0.4 is 5.32 Å². The van der Waals surface area contributed by atoms with Gasteiger partial charge in [-0.15, -0.1) is 0 Å². The van der Waals surface area contributed by atoms with Crippen molar-refractivity contribution < 1.29 is 9.53 Å². The van der Waals surface area contributed by atoms with Gasteiger partial charge < -0.3 is 10.1 Å². The maximum atomic E-state index is 11.3. The van der Waals surface area contributed by atoms with Gasteiger partial charge in [-0.3, -0.25) is 0 Å². The molecule has 0 bridgehead atoms. The third kappa shape index (κ3) is 5.55. The van der Waals surface area contributed by atoms with Crippen LogP contribution in [-0.2, 0) is 9.53 Å². The standard InChI is InChI=1S/C19H27NO2/c1-3-22-19(21)13-10-16-8-11-18(12-9-16)20-14-17-6-4-15(2)5-7-17/h8-13,15,17,20H,3-7,14H2,1-2H3. The fraction of sp³-hybridized carbons (Fsp3) is 0.526. The van der Waals surface area contributed by atoms with Crippen LogP contribution in [0.5, 0.6) is 0 Å². The van der Waals surface area contributed by atoms with Gasteiger partial charge in [0.25, 0.3) is 0 Å². The molecule has 1 aromatic carbocycles. The van der Waals surface area contributed by atoms with E-state index in [0.29, 0.717) is 6.61 Å². The van der Waals surface area contributed by atoms with Gasteiger partial charge in [0.15, 0.2) is 0 Å². The van der Waals surface area contributed by atoms with Gasteiger partial charge in [-0.1, -0.05) is 31.9 Å². The van der Waals surface area contributed by atoms with Crippen LogP contribution in [0, 0.1) is 11.8 Å². The van der Waals surface area contributed by atoms with E-state index in [4.69, 9.17) is 4.74 Å². The first kappa shape index (κ1) is 16.6. The van der Waals surface area contributed by atoms with Gasteiger partial charge in [0, 0.05) is 18.3 Å². The Labute approximate surface area is 133 Å². The monoisotopic (exact) mass is 301 g/mol. The second-order valence-electron chi connectivity index (χ2n) is 6.21. The summed E-state index contributed by atoms with van der Waals surface area (Å²) in [6.07, 6.45) is 8.66. The number of carbonyl (C=O) groups excluding carboxylic acids is 1. The largest absolute Gasteiger partial charge is 0.463 e. The smallest absolute Gasteiger partial charge is 0.330 e. The maximum Gasteiger partial charge on any atom is 0.330 e. The molecular weight excluding hydrogens is 274 g/mol. The minimum atomic E-state index is -0.295. The summed E-state index contributed by atoms with van der Waals surface area (Å²) in [6, 6.07) is 8.16. The molecule has 0 atom stereocenters. The van der Waals surface area contributed by atoms with Crippen molar-refractivity contribution >= 4 is 17.7 Å². The minimum absolute atomic E-state index is 0.295. The first-order chi connectivity index (χ1) is 10.7. The van der Waals surface area contributed by atoms with E-state index in [2.05, 4.69) is 24.4 Å². The molecule has 120 valence electrons. The van der Waals surface area contributed by atoms with Crippen molar-refractivity contribution in [3.8, 4) is 0 Å². The molecule has 1 fully saturated rings. The zero-order chi connectivity index (χ0) is 15.8. The van der Waals surface area contributed by atoms with Gasteiger partial charge in [0.2, 0.25) is 0 Å². The summed E-state index contributed by atoms with van der Waals surface area (Å²) in [6.45, 7) is 5.63. The lowest BCUT2D eigenvalue weighted by atomic mass is 9.83. The molecule has 0 aromatic heterocycles. The van der Waals surface area contributed by atoms with Crippen LogP contribution in [0.4, 0.5) is 5.69 Å². The van der Waals surface area contributed by atoms with Gasteiger partial charge in [0.1, 0.15) is 0 Å². The Balaban J connectivity index is 1.78. The average molecular weight is 301 g/mol. The van der Waals surface area contributed by atoms with E-state index in [-0.39, 0.29) is 5.97 Å². The number of anilines is 1. The van der Waals surface area contributed by atoms with Gasteiger partial charge in [-0.2, -0.15) is 0 Å². The highest BCUT2D eigenvalue weighted by Crippen LogP contribution is 2.28. The first-order valence-electron chi connectivity index (χ1n) is 8.36. The Morgan fingerprint density at radius 1 is 1.23 bits per heavy atom. The lowest BCUT2D eigenvalue weighted by molar-refractivity contribution is -0.137. The van der Waals surface area contributed by atoms with Crippen LogP contribution >= 0.6 is 0 Å². The number of carbonyl (C=O) groups is 1. The van der Waals surface area contributed by atoms with Crippen LogP contribution in [-0.4, -0.2) is 19.1 Å². The number of nitrogens with one attached hydrogen (secondary N) is 1. The number of ether oxygens (including phenoxy) is 1. The summed E-state index contributed by atoms with van der Waals surface area (Å²) in [4.78, 5) is 11.3. The molecule has 1 saturated carbocycles. The molecule has 0 aliphatic heterocycles. The highest BCUT2D eigenvalue weighted by atomic mass is 16.5. The van der Waals surface area contributed by atoms with Gasteiger partial charge in [-0.25, -0.2) is 4.79 Å². The molecule has 0 heterocycles. The fourth-order valence-corrected chi connectivity index (χ4v) is 2.86. The minimum Gasteiger partial charge on any atom is -0.463 e. The second-order valence-corrected chi connectivity index (χ2v) is 6.21. The SMILES string of the molecule is CCOC(=O)C=Cc1ccc(NCC2CCC(C)CC2)cc1. The van der Waals surface area contributed by atoms with E-state index in [9.17, 15) is 4.79 Å². The molecular formula is C19H27NO2. The normalized spacial score (nSPS) is 21.7. The second kappa shape index (κ2) is 8.62. The van der Waals surface area contributed by atoms with Crippen molar-refractivity contribution in [2.75, 3.05) is 18.5 Å². The van der Waals surface area contributed by atoms with Crippen LogP contribution in [0.15, 0.2) is 30.3 Å². The predicted molar refractivity (Wildman–Crippen MR) is 91.7 cm³/mol. The van der Waals surface area contributed by atoms with Crippen LogP contribution in [0.3, 0.4) is 0 Å². The quantitative estimate of drug-likeness (QED) is 0.621. The molecule has 22 heavy (non-hydrogen) atoms. The van der Waals surface area contributed by atoms with Gasteiger partial charge >= 0.3 is 5.97 Å². The van der Waals surface area contributed by atoms with Crippen LogP contribution in [0.25, 0.3) is 6.08 Å². The Kier molecular flexibility index (Phi) is 6.50. The first-order valence-corrected chi connectivity index (χ1v) is 8.36. The Hall–Kier alpha value is -1.77. The van der Waals surface area contributed by atoms with E-state index in [0.717, 1.165) is 29.6 Å². The molecule has 0 saturated heterocycles. The van der Waals surface area contributed by atoms with E-state index >= 15 is 0 Å². The third-order valence-corrected chi connectivity index (χ3v) is 4.34. The van der Waals surface area contributed by atoms with Crippen LogP contribution in [0.1, 0.15) is 45.1 Å². The van der Waals surface area contributed by atoms with Crippen LogP contribution in [0.2, 0.25) is 0 Å². The molecule has 1 aliphatic carbocycles. The topological polar surface area (TPSA) is 38.3 Å². The lowest BCUT2D eigenvalue weighted by Crippen LogP contribution is -2.20. The molecule has 3 heteroatoms. The van der Waals surface area contributed by atoms with E-state index in [1.807, 2.05) is 12.1 Å². The summed E-state index contributed by atoms with van der Waals surface area (Å²) >= 11 is 0. The summed E-state index contributed by atoms with van der Waals surface area (Å²) in [7, 11) is 0. The average Bonchev–Trinajstić information content (AvgIpc) is 2.54. The summed E-state index contributed by atoms with van der Waals surface area (Å²) in [5, 5.41) is 3.53. The predicted octanol–water partition coefficient (Wildman–Crippen LogP) is 4.50. The highest BCUT2D eigenvalue weighted by molar-refractivity contribution is 5.87. The number of benzene rings is 1. The number of hydrogen-bond donors (Lipinski definition) is 1. The fourth-order valence-electron chi connectivity index (χ4n) is 2.86. The van der Waals surface area contributed by atoms with Gasteiger partial charge in [-0.05, 0) is 55.4 Å². The van der Waals surface area contributed by atoms with E-state index < -0.39 is 0 Å². The molecule has 1 N–H and O–H groups in total. The van der Waals surface area contributed by atoms with Crippen molar-refractivity contribution in [2.24, 2.45) is 11.8 Å². The van der Waals surface area contributed by atoms with E-state index in [1.165, 1.54) is 31.8 Å². The Bertz CT molecular complexity index is 485. The summed E-state index contributed by atoms with van der Waals surface area (Å²) in [5.74, 6) is 1.41. The molecule has 2 rings (SSSR count). The number of esters is 1. The molecule has 0 radical (unpaired) electrons. The Morgan fingerprint density at radius 2 is 1.91 bits per heavy atom.